The number of carbonyl (C=O) groups is 3. The van der Waals surface area contributed by atoms with Crippen LogP contribution in [-0.4, -0.2) is 64.0 Å². The van der Waals surface area contributed by atoms with Gasteiger partial charge in [0, 0.05) is 12.2 Å². The first kappa shape index (κ1) is 18.2. The Bertz CT molecular complexity index is 910. The summed E-state index contributed by atoms with van der Waals surface area (Å²) < 4.78 is 5.01. The van der Waals surface area contributed by atoms with Gasteiger partial charge in [0.05, 0.1) is 36.9 Å². The zero-order valence-electron chi connectivity index (χ0n) is 15.8. The van der Waals surface area contributed by atoms with E-state index in [0.29, 0.717) is 24.2 Å². The van der Waals surface area contributed by atoms with E-state index in [4.69, 9.17) is 4.74 Å². The van der Waals surface area contributed by atoms with Gasteiger partial charge >= 0.3 is 5.97 Å². The molecule has 1 N–H and O–H groups in total. The molecule has 0 aliphatic carbocycles. The number of aromatic nitrogens is 2. The number of nitrogens with zero attached hydrogens (tertiary/aromatic N) is 3. The lowest BCUT2D eigenvalue weighted by atomic mass is 9.93. The van der Waals surface area contributed by atoms with Crippen molar-refractivity contribution in [2.24, 2.45) is 5.92 Å². The van der Waals surface area contributed by atoms with Crippen molar-refractivity contribution in [2.45, 2.75) is 25.4 Å². The molecule has 0 unspecified atom stereocenters. The summed E-state index contributed by atoms with van der Waals surface area (Å²) in [5, 5.41) is 6.64. The largest absolute Gasteiger partial charge is 0.469 e. The summed E-state index contributed by atoms with van der Waals surface area (Å²) in [6.07, 6.45) is 1.94. The van der Waals surface area contributed by atoms with Crippen LogP contribution in [0.3, 0.4) is 0 Å². The van der Waals surface area contributed by atoms with Crippen molar-refractivity contribution in [1.82, 2.24) is 20.0 Å². The molecule has 2 aromatic rings. The van der Waals surface area contributed by atoms with E-state index >= 15 is 0 Å². The van der Waals surface area contributed by atoms with E-state index in [0.717, 1.165) is 5.56 Å². The second-order valence-corrected chi connectivity index (χ2v) is 7.27. The number of hydrogen-bond acceptors (Lipinski definition) is 5. The summed E-state index contributed by atoms with van der Waals surface area (Å²) in [5.74, 6) is -1.17. The van der Waals surface area contributed by atoms with Crippen LogP contribution in [-0.2, 0) is 14.3 Å². The maximum Gasteiger partial charge on any atom is 0.311 e. The van der Waals surface area contributed by atoms with Crippen LogP contribution in [0.25, 0.3) is 0 Å². The lowest BCUT2D eigenvalue weighted by Crippen LogP contribution is -2.55. The van der Waals surface area contributed by atoms with Crippen LogP contribution >= 0.6 is 0 Å². The fourth-order valence-corrected chi connectivity index (χ4v) is 4.35. The second-order valence-electron chi connectivity index (χ2n) is 7.27. The number of esters is 1. The fourth-order valence-electron chi connectivity index (χ4n) is 4.35. The minimum Gasteiger partial charge on any atom is -0.469 e. The van der Waals surface area contributed by atoms with Crippen molar-refractivity contribution >= 4 is 17.8 Å². The predicted molar refractivity (Wildman–Crippen MR) is 99.2 cm³/mol. The number of carbonyl (C=O) groups excluding carboxylic acids is 3. The van der Waals surface area contributed by atoms with E-state index < -0.39 is 5.92 Å². The summed E-state index contributed by atoms with van der Waals surface area (Å²) in [4.78, 5) is 41.6. The van der Waals surface area contributed by atoms with Crippen molar-refractivity contribution < 1.29 is 19.1 Å². The molecule has 4 rings (SSSR count). The van der Waals surface area contributed by atoms with Crippen LogP contribution < -0.4 is 0 Å². The molecule has 146 valence electrons. The van der Waals surface area contributed by atoms with Gasteiger partial charge in [-0.15, -0.1) is 0 Å². The standard InChI is InChI=1S/C20H22N4O4/c1-12-16(9-21-22-12)19(26)23-10-14-8-15(20(27)28-2)18(24(14)17(25)11-23)13-6-4-3-5-7-13/h3-7,9,14-15,18H,8,10-11H2,1-2H3,(H,21,22)/t14-,15-,18-/m0/s1. The van der Waals surface area contributed by atoms with Crippen LogP contribution in [0.15, 0.2) is 36.5 Å². The third kappa shape index (κ3) is 2.94. The van der Waals surface area contributed by atoms with Crippen LogP contribution in [0.1, 0.15) is 34.1 Å². The number of nitrogens with one attached hydrogen (secondary N) is 1. The number of piperazine rings is 1. The van der Waals surface area contributed by atoms with Gasteiger partial charge in [-0.2, -0.15) is 5.10 Å². The van der Waals surface area contributed by atoms with Crippen LogP contribution in [0.2, 0.25) is 0 Å². The fraction of sp³-hybridized carbons (Fsp3) is 0.400. The molecule has 28 heavy (non-hydrogen) atoms. The molecule has 1 aromatic heterocycles. The number of rotatable bonds is 3. The molecule has 0 spiro atoms. The Kier molecular flexibility index (Phi) is 4.62. The Morgan fingerprint density at radius 1 is 1.25 bits per heavy atom. The molecular formula is C20H22N4O4. The molecule has 2 fully saturated rings. The Morgan fingerprint density at radius 3 is 2.64 bits per heavy atom. The number of H-pyrrole nitrogens is 1. The summed E-state index contributed by atoms with van der Waals surface area (Å²) in [6, 6.07) is 8.91. The highest BCUT2D eigenvalue weighted by atomic mass is 16.5. The van der Waals surface area contributed by atoms with Gasteiger partial charge < -0.3 is 14.5 Å². The highest BCUT2D eigenvalue weighted by molar-refractivity contribution is 5.98. The molecule has 2 aliphatic heterocycles. The molecule has 3 atom stereocenters. The quantitative estimate of drug-likeness (QED) is 0.808. The number of aryl methyl sites for hydroxylation is 1. The van der Waals surface area contributed by atoms with Gasteiger partial charge in [-0.3, -0.25) is 19.5 Å². The molecular weight excluding hydrogens is 360 g/mol. The number of methoxy groups -OCH3 is 1. The maximum atomic E-state index is 13.0. The topological polar surface area (TPSA) is 95.6 Å². The first-order valence-corrected chi connectivity index (χ1v) is 9.24. The van der Waals surface area contributed by atoms with Crippen molar-refractivity contribution in [3.05, 3.63) is 53.3 Å². The van der Waals surface area contributed by atoms with Crippen LogP contribution in [0.4, 0.5) is 0 Å². The first-order chi connectivity index (χ1) is 13.5. The molecule has 1 aromatic carbocycles. The monoisotopic (exact) mass is 382 g/mol. The Morgan fingerprint density at radius 2 is 2.00 bits per heavy atom. The zero-order valence-corrected chi connectivity index (χ0v) is 15.8. The van der Waals surface area contributed by atoms with E-state index in [1.807, 2.05) is 30.3 Å². The molecule has 2 amide bonds. The van der Waals surface area contributed by atoms with Gasteiger partial charge in [-0.25, -0.2) is 0 Å². The Balaban J connectivity index is 1.64. The van der Waals surface area contributed by atoms with Gasteiger partial charge in [-0.05, 0) is 18.9 Å². The number of benzene rings is 1. The van der Waals surface area contributed by atoms with Crippen LogP contribution in [0, 0.1) is 12.8 Å². The van der Waals surface area contributed by atoms with E-state index in [2.05, 4.69) is 10.2 Å². The molecule has 8 nitrogen and oxygen atoms in total. The normalized spacial score (nSPS) is 24.2. The zero-order chi connectivity index (χ0) is 19.8. The minimum atomic E-state index is -0.452. The summed E-state index contributed by atoms with van der Waals surface area (Å²) in [6.45, 7) is 2.13. The number of amides is 2. The average molecular weight is 382 g/mol. The lowest BCUT2D eigenvalue weighted by Gasteiger charge is -2.40. The maximum absolute atomic E-state index is 13.0. The smallest absolute Gasteiger partial charge is 0.311 e. The highest BCUT2D eigenvalue weighted by Crippen LogP contribution is 2.43. The van der Waals surface area contributed by atoms with E-state index in [9.17, 15) is 14.4 Å². The second kappa shape index (κ2) is 7.10. The van der Waals surface area contributed by atoms with Gasteiger partial charge in [0.2, 0.25) is 5.91 Å². The lowest BCUT2D eigenvalue weighted by molar-refractivity contribution is -0.147. The van der Waals surface area contributed by atoms with Crippen molar-refractivity contribution in [3.8, 4) is 0 Å². The third-order valence-corrected chi connectivity index (χ3v) is 5.64. The van der Waals surface area contributed by atoms with Crippen LogP contribution in [0.5, 0.6) is 0 Å². The molecule has 2 saturated heterocycles. The van der Waals surface area contributed by atoms with Gasteiger partial charge in [0.15, 0.2) is 0 Å². The van der Waals surface area contributed by atoms with Crippen molar-refractivity contribution in [2.75, 3.05) is 20.2 Å². The highest BCUT2D eigenvalue weighted by Gasteiger charge is 2.51. The Hall–Kier alpha value is -3.16. The Labute approximate surface area is 162 Å². The molecule has 8 heteroatoms. The number of aromatic amines is 1. The molecule has 0 bridgehead atoms. The third-order valence-electron chi connectivity index (χ3n) is 5.64. The molecule has 3 heterocycles. The summed E-state index contributed by atoms with van der Waals surface area (Å²) in [7, 11) is 1.36. The number of fused-ring (bicyclic) bond motifs is 1. The van der Waals surface area contributed by atoms with Gasteiger partial charge in [0.25, 0.3) is 5.91 Å². The number of hydrogen-bond donors (Lipinski definition) is 1. The first-order valence-electron chi connectivity index (χ1n) is 9.24. The van der Waals surface area contributed by atoms with E-state index in [1.54, 1.807) is 16.7 Å². The predicted octanol–water partition coefficient (Wildman–Crippen LogP) is 1.31. The van der Waals surface area contributed by atoms with Crippen molar-refractivity contribution in [1.29, 1.82) is 0 Å². The molecule has 2 aliphatic rings. The SMILES string of the molecule is COC(=O)[C@H]1C[C@H]2CN(C(=O)c3cn[nH]c3C)CC(=O)N2[C@H]1c1ccccc1. The van der Waals surface area contributed by atoms with E-state index in [1.165, 1.54) is 13.3 Å². The van der Waals surface area contributed by atoms with Gasteiger partial charge in [0.1, 0.15) is 6.54 Å². The molecule has 0 radical (unpaired) electrons. The average Bonchev–Trinajstić information content (AvgIpc) is 3.31. The summed E-state index contributed by atoms with van der Waals surface area (Å²) in [5.41, 5.74) is 2.03. The van der Waals surface area contributed by atoms with Crippen molar-refractivity contribution in [3.63, 3.8) is 0 Å². The van der Waals surface area contributed by atoms with E-state index in [-0.39, 0.29) is 36.4 Å². The minimum absolute atomic E-state index is 0.0167. The molecule has 0 saturated carbocycles. The number of ether oxygens (including phenoxy) is 1. The summed E-state index contributed by atoms with van der Waals surface area (Å²) >= 11 is 0. The van der Waals surface area contributed by atoms with Gasteiger partial charge in [-0.1, -0.05) is 30.3 Å².